The first-order chi connectivity index (χ1) is 9.99. The molecular weight excluding hydrogens is 336 g/mol. The van der Waals surface area contributed by atoms with Crippen molar-refractivity contribution in [3.8, 4) is 0 Å². The summed E-state index contributed by atoms with van der Waals surface area (Å²) in [6.45, 7) is 2.73. The second-order valence-electron chi connectivity index (χ2n) is 5.19. The number of aliphatic hydroxyl groups is 2. The van der Waals surface area contributed by atoms with Gasteiger partial charge in [-0.25, -0.2) is 0 Å². The largest absolute Gasteiger partial charge is 0.396 e. The topological polar surface area (TPSA) is 153 Å². The first-order valence-electron chi connectivity index (χ1n) is 6.45. The maximum atomic E-state index is 11.6. The van der Waals surface area contributed by atoms with Crippen LogP contribution in [0.2, 0.25) is 0 Å². The minimum Gasteiger partial charge on any atom is -0.396 e. The Morgan fingerprint density at radius 2 is 1.82 bits per heavy atom. The summed E-state index contributed by atoms with van der Waals surface area (Å²) in [5.41, 5.74) is -0.987. The fourth-order valence-electron chi connectivity index (χ4n) is 1.26. The minimum atomic E-state index is -4.12. The number of carbonyl (C=O) groups is 2. The van der Waals surface area contributed by atoms with Gasteiger partial charge < -0.3 is 20.8 Å². The SMILES string of the molecule is CC(C)(CO)C(O)C(=O)NCCC(=O)NCCSS(=O)(=O)O. The molecule has 0 radical (unpaired) electrons. The van der Waals surface area contributed by atoms with Gasteiger partial charge in [0.15, 0.2) is 0 Å². The zero-order chi connectivity index (χ0) is 17.4. The molecule has 0 spiro atoms. The van der Waals surface area contributed by atoms with Crippen LogP contribution in [0.15, 0.2) is 0 Å². The van der Waals surface area contributed by atoms with Crippen LogP contribution in [0.5, 0.6) is 0 Å². The number of carbonyl (C=O) groups excluding carboxylic acids is 2. The molecule has 130 valence electrons. The Kier molecular flexibility index (Phi) is 8.93. The van der Waals surface area contributed by atoms with Gasteiger partial charge in [0.1, 0.15) is 6.10 Å². The second-order valence-corrected chi connectivity index (χ2v) is 8.66. The van der Waals surface area contributed by atoms with E-state index in [9.17, 15) is 23.1 Å². The monoisotopic (exact) mass is 358 g/mol. The predicted octanol–water partition coefficient (Wildman–Crippen LogP) is -1.48. The smallest absolute Gasteiger partial charge is 0.319 e. The van der Waals surface area contributed by atoms with Crippen molar-refractivity contribution in [2.45, 2.75) is 26.4 Å². The summed E-state index contributed by atoms with van der Waals surface area (Å²) in [6, 6.07) is 0. The van der Waals surface area contributed by atoms with Crippen LogP contribution in [0.1, 0.15) is 20.3 Å². The third-order valence-electron chi connectivity index (χ3n) is 2.70. The van der Waals surface area contributed by atoms with Gasteiger partial charge in [-0.05, 0) is 10.8 Å². The number of aliphatic hydroxyl groups excluding tert-OH is 2. The van der Waals surface area contributed by atoms with Gasteiger partial charge >= 0.3 is 9.15 Å². The molecule has 0 aliphatic rings. The van der Waals surface area contributed by atoms with Gasteiger partial charge in [0.25, 0.3) is 0 Å². The summed E-state index contributed by atoms with van der Waals surface area (Å²) in [5, 5.41) is 23.5. The minimum absolute atomic E-state index is 0.000333. The van der Waals surface area contributed by atoms with Crippen LogP contribution in [0.25, 0.3) is 0 Å². The van der Waals surface area contributed by atoms with E-state index in [1.807, 2.05) is 0 Å². The number of hydrogen-bond acceptors (Lipinski definition) is 7. The average molecular weight is 358 g/mol. The molecule has 9 nitrogen and oxygen atoms in total. The number of amides is 2. The van der Waals surface area contributed by atoms with E-state index in [4.69, 9.17) is 9.66 Å². The maximum Gasteiger partial charge on any atom is 0.319 e. The van der Waals surface area contributed by atoms with Crippen molar-refractivity contribution < 1.29 is 32.8 Å². The van der Waals surface area contributed by atoms with E-state index < -0.39 is 32.5 Å². The van der Waals surface area contributed by atoms with E-state index in [1.54, 1.807) is 0 Å². The number of hydrogen-bond donors (Lipinski definition) is 5. The molecule has 22 heavy (non-hydrogen) atoms. The second kappa shape index (κ2) is 9.30. The van der Waals surface area contributed by atoms with Gasteiger partial charge in [-0.1, -0.05) is 13.8 Å². The lowest BCUT2D eigenvalue weighted by Crippen LogP contribution is -2.46. The molecule has 0 rings (SSSR count). The van der Waals surface area contributed by atoms with Gasteiger partial charge in [-0.15, -0.1) is 0 Å². The summed E-state index contributed by atoms with van der Waals surface area (Å²) in [5.74, 6) is -1.10. The van der Waals surface area contributed by atoms with Gasteiger partial charge in [-0.2, -0.15) is 8.42 Å². The van der Waals surface area contributed by atoms with E-state index >= 15 is 0 Å². The van der Waals surface area contributed by atoms with Crippen molar-refractivity contribution in [1.82, 2.24) is 10.6 Å². The number of nitrogens with one attached hydrogen (secondary N) is 2. The van der Waals surface area contributed by atoms with E-state index in [2.05, 4.69) is 10.6 Å². The van der Waals surface area contributed by atoms with Crippen LogP contribution in [0.4, 0.5) is 0 Å². The Hall–Kier alpha value is -0.880. The zero-order valence-electron chi connectivity index (χ0n) is 12.4. The maximum absolute atomic E-state index is 11.6. The van der Waals surface area contributed by atoms with Crippen LogP contribution >= 0.6 is 10.8 Å². The highest BCUT2D eigenvalue weighted by atomic mass is 33.1. The van der Waals surface area contributed by atoms with E-state index in [1.165, 1.54) is 13.8 Å². The van der Waals surface area contributed by atoms with Gasteiger partial charge in [0, 0.05) is 30.7 Å². The van der Waals surface area contributed by atoms with E-state index in [0.29, 0.717) is 10.8 Å². The fourth-order valence-corrected chi connectivity index (χ4v) is 2.54. The van der Waals surface area contributed by atoms with Crippen molar-refractivity contribution in [3.63, 3.8) is 0 Å². The summed E-state index contributed by atoms with van der Waals surface area (Å²) in [7, 11) is -3.82. The molecule has 11 heteroatoms. The van der Waals surface area contributed by atoms with Crippen LogP contribution in [-0.2, 0) is 18.7 Å². The third kappa shape index (κ3) is 9.20. The van der Waals surface area contributed by atoms with Crippen molar-refractivity contribution in [3.05, 3.63) is 0 Å². The predicted molar refractivity (Wildman–Crippen MR) is 81.5 cm³/mol. The van der Waals surface area contributed by atoms with Gasteiger partial charge in [0.2, 0.25) is 11.8 Å². The standard InChI is InChI=1S/C11H22N2O7S2/c1-11(2,7-14)9(16)10(17)13-4-3-8(15)12-5-6-21-22(18,19)20/h9,14,16H,3-7H2,1-2H3,(H,12,15)(H,13,17)(H,18,19,20). The lowest BCUT2D eigenvalue weighted by molar-refractivity contribution is -0.137. The van der Waals surface area contributed by atoms with Crippen LogP contribution in [0, 0.1) is 5.41 Å². The lowest BCUT2D eigenvalue weighted by atomic mass is 9.87. The van der Waals surface area contributed by atoms with Gasteiger partial charge in [-0.3, -0.25) is 14.1 Å². The lowest BCUT2D eigenvalue weighted by Gasteiger charge is -2.27. The first kappa shape index (κ1) is 21.1. The molecule has 5 N–H and O–H groups in total. The highest BCUT2D eigenvalue weighted by molar-refractivity contribution is 8.69. The quantitative estimate of drug-likeness (QED) is 0.180. The van der Waals surface area contributed by atoms with E-state index in [-0.39, 0.29) is 31.9 Å². The molecule has 2 amide bonds. The molecule has 0 fully saturated rings. The summed E-state index contributed by atoms with van der Waals surface area (Å²) in [6.07, 6.45) is -1.44. The Morgan fingerprint density at radius 1 is 1.23 bits per heavy atom. The molecule has 0 saturated heterocycles. The Balaban J connectivity index is 3.91. The third-order valence-corrected chi connectivity index (χ3v) is 4.77. The zero-order valence-corrected chi connectivity index (χ0v) is 14.0. The normalized spacial score (nSPS) is 13.5. The van der Waals surface area contributed by atoms with Crippen molar-refractivity contribution in [2.75, 3.05) is 25.4 Å². The molecule has 0 aliphatic carbocycles. The Morgan fingerprint density at radius 3 is 2.32 bits per heavy atom. The Bertz CT molecular complexity index is 479. The Labute approximate surface area is 133 Å². The molecule has 0 aromatic heterocycles. The van der Waals surface area contributed by atoms with Crippen LogP contribution < -0.4 is 10.6 Å². The van der Waals surface area contributed by atoms with Crippen LogP contribution in [-0.4, -0.2) is 66.6 Å². The molecule has 1 atom stereocenters. The summed E-state index contributed by atoms with van der Waals surface area (Å²) in [4.78, 5) is 23.0. The first-order valence-corrected chi connectivity index (χ1v) is 9.39. The summed E-state index contributed by atoms with van der Waals surface area (Å²) < 4.78 is 29.3. The molecule has 1 unspecified atom stereocenters. The fraction of sp³-hybridized carbons (Fsp3) is 0.818. The number of rotatable bonds is 10. The van der Waals surface area contributed by atoms with Crippen molar-refractivity contribution in [1.29, 1.82) is 0 Å². The highest BCUT2D eigenvalue weighted by Crippen LogP contribution is 2.19. The molecule has 0 saturated carbocycles. The van der Waals surface area contributed by atoms with Gasteiger partial charge in [0.05, 0.1) is 6.61 Å². The molecule has 0 heterocycles. The molecule has 0 aromatic rings. The molecule has 0 aliphatic heterocycles. The van der Waals surface area contributed by atoms with E-state index in [0.717, 1.165) is 0 Å². The summed E-state index contributed by atoms with van der Waals surface area (Å²) >= 11 is 0. The molecular formula is C11H22N2O7S2. The molecule has 0 bridgehead atoms. The van der Waals surface area contributed by atoms with Crippen molar-refractivity contribution in [2.24, 2.45) is 5.41 Å². The highest BCUT2D eigenvalue weighted by Gasteiger charge is 2.32. The average Bonchev–Trinajstić information content (AvgIpc) is 2.41. The van der Waals surface area contributed by atoms with Crippen molar-refractivity contribution >= 4 is 31.8 Å². The van der Waals surface area contributed by atoms with Crippen LogP contribution in [0.3, 0.4) is 0 Å². The molecule has 0 aromatic carbocycles.